The van der Waals surface area contributed by atoms with Gasteiger partial charge in [-0.2, -0.15) is 0 Å². The van der Waals surface area contributed by atoms with Crippen molar-refractivity contribution in [2.24, 2.45) is 5.73 Å². The molecule has 1 atom stereocenters. The molecule has 1 unspecified atom stereocenters. The van der Waals surface area contributed by atoms with Gasteiger partial charge in [0.05, 0.1) is 9.95 Å². The molecule has 1 saturated heterocycles. The average Bonchev–Trinajstić information content (AvgIpc) is 2.67. The molecule has 17 heavy (non-hydrogen) atoms. The van der Waals surface area contributed by atoms with Crippen LogP contribution >= 0.6 is 11.6 Å². The molecule has 1 aromatic carbocycles. The Morgan fingerprint density at radius 2 is 2.35 bits per heavy atom. The van der Waals surface area contributed by atoms with Gasteiger partial charge in [-0.05, 0) is 18.1 Å². The Morgan fingerprint density at radius 3 is 2.88 bits per heavy atom. The lowest BCUT2D eigenvalue weighted by Gasteiger charge is -2.15. The molecule has 1 aliphatic rings. The standard InChI is InChI=1S/C11H14ClN3O2/c12-11-5-10(15(16)17)2-1-8(11)6-14-4-3-9(13)7-14/h1-2,5,9H,3-4,6-7,13H2. The summed E-state index contributed by atoms with van der Waals surface area (Å²) in [4.78, 5) is 12.3. The van der Waals surface area contributed by atoms with E-state index in [0.717, 1.165) is 25.1 Å². The van der Waals surface area contributed by atoms with E-state index in [4.69, 9.17) is 17.3 Å². The fraction of sp³-hybridized carbons (Fsp3) is 0.455. The lowest BCUT2D eigenvalue weighted by molar-refractivity contribution is -0.384. The molecular formula is C11H14ClN3O2. The first-order chi connectivity index (χ1) is 8.06. The van der Waals surface area contributed by atoms with Crippen molar-refractivity contribution >= 4 is 17.3 Å². The predicted octanol–water partition coefficient (Wildman–Crippen LogP) is 1.78. The Balaban J connectivity index is 2.09. The number of nitrogens with zero attached hydrogens (tertiary/aromatic N) is 2. The minimum absolute atomic E-state index is 0.0249. The zero-order valence-corrected chi connectivity index (χ0v) is 10.1. The van der Waals surface area contributed by atoms with Crippen LogP contribution in [0, 0.1) is 10.1 Å². The molecule has 0 aromatic heterocycles. The molecule has 2 rings (SSSR count). The van der Waals surface area contributed by atoms with E-state index < -0.39 is 4.92 Å². The Labute approximate surface area is 104 Å². The summed E-state index contributed by atoms with van der Waals surface area (Å²) in [6, 6.07) is 4.82. The van der Waals surface area contributed by atoms with Gasteiger partial charge >= 0.3 is 0 Å². The van der Waals surface area contributed by atoms with E-state index in [-0.39, 0.29) is 11.7 Å². The monoisotopic (exact) mass is 255 g/mol. The summed E-state index contributed by atoms with van der Waals surface area (Å²) >= 11 is 6.03. The number of rotatable bonds is 3. The van der Waals surface area contributed by atoms with E-state index in [1.807, 2.05) is 0 Å². The van der Waals surface area contributed by atoms with Crippen molar-refractivity contribution in [3.63, 3.8) is 0 Å². The van der Waals surface area contributed by atoms with Gasteiger partial charge in [-0.3, -0.25) is 15.0 Å². The summed E-state index contributed by atoms with van der Waals surface area (Å²) < 4.78 is 0. The van der Waals surface area contributed by atoms with Crippen LogP contribution in [0.2, 0.25) is 5.02 Å². The molecule has 0 radical (unpaired) electrons. The van der Waals surface area contributed by atoms with Crippen molar-refractivity contribution in [2.45, 2.75) is 19.0 Å². The minimum Gasteiger partial charge on any atom is -0.326 e. The van der Waals surface area contributed by atoms with Gasteiger partial charge in [0.25, 0.3) is 5.69 Å². The van der Waals surface area contributed by atoms with Gasteiger partial charge in [-0.1, -0.05) is 11.6 Å². The molecule has 6 heteroatoms. The van der Waals surface area contributed by atoms with Crippen molar-refractivity contribution in [1.82, 2.24) is 4.90 Å². The SMILES string of the molecule is NC1CCN(Cc2ccc([N+](=O)[O-])cc2Cl)C1. The predicted molar refractivity (Wildman–Crippen MR) is 66.0 cm³/mol. The van der Waals surface area contributed by atoms with Gasteiger partial charge in [0.2, 0.25) is 0 Å². The van der Waals surface area contributed by atoms with Gasteiger partial charge in [0.1, 0.15) is 0 Å². The second-order valence-corrected chi connectivity index (χ2v) is 4.72. The third kappa shape index (κ3) is 2.94. The molecule has 1 aromatic rings. The number of nitro benzene ring substituents is 1. The summed E-state index contributed by atoms with van der Waals surface area (Å²) in [7, 11) is 0. The van der Waals surface area contributed by atoms with Crippen LogP contribution in [0.5, 0.6) is 0 Å². The molecule has 2 N–H and O–H groups in total. The molecule has 5 nitrogen and oxygen atoms in total. The molecule has 0 spiro atoms. The normalized spacial score (nSPS) is 20.7. The van der Waals surface area contributed by atoms with Crippen LogP contribution < -0.4 is 5.73 Å². The summed E-state index contributed by atoms with van der Waals surface area (Å²) in [5.41, 5.74) is 6.75. The van der Waals surface area contributed by atoms with Gasteiger partial charge < -0.3 is 5.73 Å². The Hall–Kier alpha value is -1.17. The molecule has 1 fully saturated rings. The first-order valence-electron chi connectivity index (χ1n) is 5.47. The summed E-state index contributed by atoms with van der Waals surface area (Å²) in [5.74, 6) is 0. The number of nitrogens with two attached hydrogens (primary N) is 1. The molecule has 92 valence electrons. The third-order valence-corrected chi connectivity index (χ3v) is 3.30. The van der Waals surface area contributed by atoms with Crippen LogP contribution in [0.25, 0.3) is 0 Å². The number of hydrogen-bond acceptors (Lipinski definition) is 4. The second kappa shape index (κ2) is 5.00. The lowest BCUT2D eigenvalue weighted by atomic mass is 10.2. The van der Waals surface area contributed by atoms with E-state index in [9.17, 15) is 10.1 Å². The first-order valence-corrected chi connectivity index (χ1v) is 5.85. The topological polar surface area (TPSA) is 72.4 Å². The van der Waals surface area contributed by atoms with E-state index >= 15 is 0 Å². The second-order valence-electron chi connectivity index (χ2n) is 4.32. The van der Waals surface area contributed by atoms with E-state index in [2.05, 4.69) is 4.90 Å². The fourth-order valence-corrected chi connectivity index (χ4v) is 2.26. The van der Waals surface area contributed by atoms with Crippen LogP contribution in [0.1, 0.15) is 12.0 Å². The van der Waals surface area contributed by atoms with Crippen molar-refractivity contribution < 1.29 is 4.92 Å². The number of nitro groups is 1. The Morgan fingerprint density at radius 1 is 1.59 bits per heavy atom. The van der Waals surface area contributed by atoms with Crippen LogP contribution in [-0.2, 0) is 6.54 Å². The summed E-state index contributed by atoms with van der Waals surface area (Å²) in [5, 5.41) is 11.0. The molecule has 0 amide bonds. The maximum atomic E-state index is 10.6. The quantitative estimate of drug-likeness (QED) is 0.660. The van der Waals surface area contributed by atoms with E-state index in [1.54, 1.807) is 6.07 Å². The van der Waals surface area contributed by atoms with Crippen LogP contribution in [-0.4, -0.2) is 29.0 Å². The molecule has 0 saturated carbocycles. The number of benzene rings is 1. The van der Waals surface area contributed by atoms with Crippen LogP contribution in [0.4, 0.5) is 5.69 Å². The van der Waals surface area contributed by atoms with Crippen molar-refractivity contribution in [1.29, 1.82) is 0 Å². The molecule has 0 aliphatic carbocycles. The van der Waals surface area contributed by atoms with E-state index in [0.29, 0.717) is 11.6 Å². The van der Waals surface area contributed by atoms with Crippen molar-refractivity contribution in [3.05, 3.63) is 38.9 Å². The van der Waals surface area contributed by atoms with Gasteiger partial charge in [-0.25, -0.2) is 0 Å². The molecule has 0 bridgehead atoms. The van der Waals surface area contributed by atoms with Crippen LogP contribution in [0.3, 0.4) is 0 Å². The number of hydrogen-bond donors (Lipinski definition) is 1. The van der Waals surface area contributed by atoms with Gasteiger partial charge in [0.15, 0.2) is 0 Å². The highest BCUT2D eigenvalue weighted by molar-refractivity contribution is 6.31. The Kier molecular flexibility index (Phi) is 3.61. The van der Waals surface area contributed by atoms with E-state index in [1.165, 1.54) is 12.1 Å². The minimum atomic E-state index is -0.443. The number of non-ortho nitro benzene ring substituents is 1. The smallest absolute Gasteiger partial charge is 0.270 e. The number of likely N-dealkylation sites (tertiary alicyclic amines) is 1. The van der Waals surface area contributed by atoms with Crippen LogP contribution in [0.15, 0.2) is 18.2 Å². The summed E-state index contributed by atoms with van der Waals surface area (Å²) in [6.07, 6.45) is 0.991. The largest absolute Gasteiger partial charge is 0.326 e. The zero-order valence-electron chi connectivity index (χ0n) is 9.30. The highest BCUT2D eigenvalue weighted by Gasteiger charge is 2.20. The average molecular weight is 256 g/mol. The molecule has 1 aliphatic heterocycles. The van der Waals surface area contributed by atoms with Gasteiger partial charge in [0, 0.05) is 37.8 Å². The first kappa shape index (κ1) is 12.3. The number of halogens is 1. The van der Waals surface area contributed by atoms with Crippen molar-refractivity contribution in [3.8, 4) is 0 Å². The maximum absolute atomic E-state index is 10.6. The molecule has 1 heterocycles. The van der Waals surface area contributed by atoms with Gasteiger partial charge in [-0.15, -0.1) is 0 Å². The zero-order chi connectivity index (χ0) is 12.4. The Bertz CT molecular complexity index is 439. The molecular weight excluding hydrogens is 242 g/mol. The highest BCUT2D eigenvalue weighted by Crippen LogP contribution is 2.24. The fourth-order valence-electron chi connectivity index (χ4n) is 2.03. The summed E-state index contributed by atoms with van der Waals surface area (Å²) in [6.45, 7) is 2.51. The maximum Gasteiger partial charge on any atom is 0.270 e. The highest BCUT2D eigenvalue weighted by atomic mass is 35.5. The van der Waals surface area contributed by atoms with Crippen molar-refractivity contribution in [2.75, 3.05) is 13.1 Å². The lowest BCUT2D eigenvalue weighted by Crippen LogP contribution is -2.26. The third-order valence-electron chi connectivity index (χ3n) is 2.95.